The van der Waals surface area contributed by atoms with Crippen LogP contribution >= 0.6 is 23.2 Å². The number of aromatic hydroxyl groups is 1. The van der Waals surface area contributed by atoms with Gasteiger partial charge < -0.3 is 16.6 Å². The van der Waals surface area contributed by atoms with Gasteiger partial charge in [-0.1, -0.05) is 23.2 Å². The molecule has 1 aromatic rings. The Labute approximate surface area is 86.2 Å². The van der Waals surface area contributed by atoms with Gasteiger partial charge in [-0.2, -0.15) is 0 Å². The second kappa shape index (κ2) is 4.15. The van der Waals surface area contributed by atoms with Crippen LogP contribution in [0.4, 0.5) is 0 Å². The molecule has 1 rings (SSSR count). The Morgan fingerprint density at radius 3 is 2.15 bits per heavy atom. The number of phenols is 1. The lowest BCUT2D eigenvalue weighted by Gasteiger charge is -2.13. The first-order chi connectivity index (χ1) is 6.06. The summed E-state index contributed by atoms with van der Waals surface area (Å²) in [5, 5.41) is 9.80. The Hall–Kier alpha value is -0.480. The minimum absolute atomic E-state index is 0.0166. The van der Waals surface area contributed by atoms with Crippen LogP contribution in [0.25, 0.3) is 0 Å². The van der Waals surface area contributed by atoms with Crippen molar-refractivity contribution in [1.29, 1.82) is 0 Å². The molecule has 0 unspecified atom stereocenters. The molecule has 5 heteroatoms. The van der Waals surface area contributed by atoms with Crippen molar-refractivity contribution in [3.63, 3.8) is 0 Å². The Morgan fingerprint density at radius 2 is 1.77 bits per heavy atom. The highest BCUT2D eigenvalue weighted by Crippen LogP contribution is 2.32. The Morgan fingerprint density at radius 1 is 1.31 bits per heavy atom. The molecule has 0 aliphatic carbocycles. The van der Waals surface area contributed by atoms with Crippen molar-refractivity contribution in [2.75, 3.05) is 6.54 Å². The average molecular weight is 221 g/mol. The van der Waals surface area contributed by atoms with Gasteiger partial charge in [-0.25, -0.2) is 0 Å². The number of hydrogen-bond acceptors (Lipinski definition) is 3. The number of benzene rings is 1. The Balaban J connectivity index is 3.20. The molecule has 0 aliphatic rings. The third-order valence-electron chi connectivity index (χ3n) is 1.69. The van der Waals surface area contributed by atoms with E-state index in [0.717, 1.165) is 0 Å². The van der Waals surface area contributed by atoms with Crippen molar-refractivity contribution in [3.05, 3.63) is 27.7 Å². The quantitative estimate of drug-likeness (QED) is 0.710. The van der Waals surface area contributed by atoms with Gasteiger partial charge >= 0.3 is 0 Å². The number of rotatable bonds is 2. The summed E-state index contributed by atoms with van der Waals surface area (Å²) in [4.78, 5) is 0. The number of halogens is 2. The SMILES string of the molecule is NC[C@H](N)c1c(Cl)cc(O)cc1Cl. The van der Waals surface area contributed by atoms with Crippen LogP contribution in [0.15, 0.2) is 12.1 Å². The third-order valence-corrected chi connectivity index (χ3v) is 2.31. The largest absolute Gasteiger partial charge is 0.508 e. The second-order valence-corrected chi connectivity index (χ2v) is 3.48. The Kier molecular flexibility index (Phi) is 3.39. The molecule has 0 heterocycles. The summed E-state index contributed by atoms with van der Waals surface area (Å²) in [6.45, 7) is 0.254. The molecule has 0 aromatic heterocycles. The maximum atomic E-state index is 9.13. The van der Waals surface area contributed by atoms with Gasteiger partial charge in [0.25, 0.3) is 0 Å². The number of hydrogen-bond donors (Lipinski definition) is 3. The van der Waals surface area contributed by atoms with Crippen LogP contribution in [0.5, 0.6) is 5.75 Å². The van der Waals surface area contributed by atoms with Crippen LogP contribution in [-0.4, -0.2) is 11.7 Å². The molecular weight excluding hydrogens is 211 g/mol. The minimum atomic E-state index is -0.402. The second-order valence-electron chi connectivity index (χ2n) is 2.67. The molecular formula is C8H10Cl2N2O. The fraction of sp³-hybridized carbons (Fsp3) is 0.250. The zero-order valence-electron chi connectivity index (χ0n) is 6.80. The lowest BCUT2D eigenvalue weighted by atomic mass is 10.1. The third kappa shape index (κ3) is 2.25. The van der Waals surface area contributed by atoms with Gasteiger partial charge in [-0.15, -0.1) is 0 Å². The van der Waals surface area contributed by atoms with Crippen molar-refractivity contribution in [3.8, 4) is 5.75 Å². The maximum absolute atomic E-state index is 9.13. The summed E-state index contributed by atoms with van der Waals surface area (Å²) in [6.07, 6.45) is 0. The molecule has 0 fully saturated rings. The summed E-state index contributed by atoms with van der Waals surface area (Å²) in [5.41, 5.74) is 11.6. The molecule has 0 aliphatic heterocycles. The molecule has 5 N–H and O–H groups in total. The molecule has 1 aromatic carbocycles. The highest BCUT2D eigenvalue weighted by atomic mass is 35.5. The van der Waals surface area contributed by atoms with E-state index < -0.39 is 6.04 Å². The van der Waals surface area contributed by atoms with Gasteiger partial charge in [-0.3, -0.25) is 0 Å². The standard InChI is InChI=1S/C8H10Cl2N2O/c9-5-1-4(13)2-6(10)8(5)7(12)3-11/h1-2,7,13H,3,11-12H2/t7-/m0/s1. The van der Waals surface area contributed by atoms with Crippen LogP contribution in [-0.2, 0) is 0 Å². The van der Waals surface area contributed by atoms with E-state index in [0.29, 0.717) is 15.6 Å². The predicted molar refractivity (Wildman–Crippen MR) is 54.1 cm³/mol. The van der Waals surface area contributed by atoms with E-state index in [1.54, 1.807) is 0 Å². The van der Waals surface area contributed by atoms with Crippen molar-refractivity contribution < 1.29 is 5.11 Å². The zero-order chi connectivity index (χ0) is 10.0. The lowest BCUT2D eigenvalue weighted by molar-refractivity contribution is 0.475. The molecule has 0 amide bonds. The van der Waals surface area contributed by atoms with Gasteiger partial charge in [0, 0.05) is 18.2 Å². The van der Waals surface area contributed by atoms with E-state index in [2.05, 4.69) is 0 Å². The van der Waals surface area contributed by atoms with E-state index >= 15 is 0 Å². The van der Waals surface area contributed by atoms with Crippen molar-refractivity contribution in [2.45, 2.75) is 6.04 Å². The molecule has 0 radical (unpaired) electrons. The average Bonchev–Trinajstić information content (AvgIpc) is 2.02. The summed E-state index contributed by atoms with van der Waals surface area (Å²) in [6, 6.07) is 2.37. The molecule has 0 saturated carbocycles. The molecule has 1 atom stereocenters. The zero-order valence-corrected chi connectivity index (χ0v) is 8.31. The van der Waals surface area contributed by atoms with Crippen LogP contribution < -0.4 is 11.5 Å². The van der Waals surface area contributed by atoms with E-state index in [9.17, 15) is 0 Å². The minimum Gasteiger partial charge on any atom is -0.508 e. The lowest BCUT2D eigenvalue weighted by Crippen LogP contribution is -2.21. The van der Waals surface area contributed by atoms with Gasteiger partial charge in [-0.05, 0) is 12.1 Å². The Bertz CT molecular complexity index is 294. The molecule has 0 saturated heterocycles. The summed E-state index contributed by atoms with van der Waals surface area (Å²) in [7, 11) is 0. The van der Waals surface area contributed by atoms with Crippen LogP contribution in [0.3, 0.4) is 0 Å². The van der Waals surface area contributed by atoms with Gasteiger partial charge in [0.2, 0.25) is 0 Å². The van der Waals surface area contributed by atoms with Crippen molar-refractivity contribution >= 4 is 23.2 Å². The molecule has 13 heavy (non-hydrogen) atoms. The summed E-state index contributed by atoms with van der Waals surface area (Å²) in [5.74, 6) is 0.0166. The fourth-order valence-corrected chi connectivity index (χ4v) is 1.80. The molecule has 0 spiro atoms. The topological polar surface area (TPSA) is 72.3 Å². The van der Waals surface area contributed by atoms with E-state index in [1.807, 2.05) is 0 Å². The van der Waals surface area contributed by atoms with Gasteiger partial charge in [0.15, 0.2) is 0 Å². The first kappa shape index (κ1) is 10.6. The van der Waals surface area contributed by atoms with E-state index in [1.165, 1.54) is 12.1 Å². The number of nitrogens with two attached hydrogens (primary N) is 2. The van der Waals surface area contributed by atoms with Crippen LogP contribution in [0.2, 0.25) is 10.0 Å². The first-order valence-electron chi connectivity index (χ1n) is 3.69. The summed E-state index contributed by atoms with van der Waals surface area (Å²) >= 11 is 11.7. The highest BCUT2D eigenvalue weighted by Gasteiger charge is 2.13. The monoisotopic (exact) mass is 220 g/mol. The van der Waals surface area contributed by atoms with Gasteiger partial charge in [0.05, 0.1) is 10.0 Å². The van der Waals surface area contributed by atoms with Crippen LogP contribution in [0.1, 0.15) is 11.6 Å². The number of phenolic OH excluding ortho intramolecular Hbond substituents is 1. The van der Waals surface area contributed by atoms with Crippen molar-refractivity contribution in [2.24, 2.45) is 11.5 Å². The maximum Gasteiger partial charge on any atom is 0.118 e. The van der Waals surface area contributed by atoms with Gasteiger partial charge in [0.1, 0.15) is 5.75 Å². The summed E-state index contributed by atoms with van der Waals surface area (Å²) < 4.78 is 0. The molecule has 0 bridgehead atoms. The predicted octanol–water partition coefficient (Wildman–Crippen LogP) is 1.66. The van der Waals surface area contributed by atoms with Crippen LogP contribution in [0, 0.1) is 0 Å². The molecule has 3 nitrogen and oxygen atoms in total. The molecule has 72 valence electrons. The van der Waals surface area contributed by atoms with E-state index in [4.69, 9.17) is 39.8 Å². The highest BCUT2D eigenvalue weighted by molar-refractivity contribution is 6.36. The smallest absolute Gasteiger partial charge is 0.118 e. The normalized spacial score (nSPS) is 12.9. The van der Waals surface area contributed by atoms with Crippen molar-refractivity contribution in [1.82, 2.24) is 0 Å². The first-order valence-corrected chi connectivity index (χ1v) is 4.45. The van der Waals surface area contributed by atoms with E-state index in [-0.39, 0.29) is 12.3 Å². The fourth-order valence-electron chi connectivity index (χ4n) is 1.04.